The molecule has 0 saturated heterocycles. The molecule has 0 radical (unpaired) electrons. The molecule has 2 nitrogen and oxygen atoms in total. The summed E-state index contributed by atoms with van der Waals surface area (Å²) in [4.78, 5) is 1.51. The molecule has 2 aromatic carbocycles. The maximum atomic E-state index is 14.3. The first-order valence-corrected chi connectivity index (χ1v) is 12.4. The van der Waals surface area contributed by atoms with E-state index in [9.17, 15) is 17.6 Å². The van der Waals surface area contributed by atoms with Crippen molar-refractivity contribution in [1.82, 2.24) is 0 Å². The molecule has 9 heteroatoms. The highest BCUT2D eigenvalue weighted by Crippen LogP contribution is 2.34. The average molecular weight is 534 g/mol. The van der Waals surface area contributed by atoms with Gasteiger partial charge >= 0.3 is 0 Å². The zero-order valence-electron chi connectivity index (χ0n) is 18.1. The highest BCUT2D eigenvalue weighted by atomic mass is 35.5. The Hall–Kier alpha value is -3.12. The molecule has 0 aliphatic heterocycles. The Labute approximate surface area is 211 Å². The van der Waals surface area contributed by atoms with E-state index in [1.54, 1.807) is 12.2 Å². The van der Waals surface area contributed by atoms with E-state index >= 15 is 0 Å². The normalized spacial score (nSPS) is 11.9. The molecule has 1 N–H and O–H groups in total. The Bertz CT molecular complexity index is 1460. The first-order chi connectivity index (χ1) is 16.8. The summed E-state index contributed by atoms with van der Waals surface area (Å²) in [5.41, 5.74) is 0.0217. The number of nitrogens with zero attached hydrogens (tertiary/aromatic N) is 1. The van der Waals surface area contributed by atoms with Crippen LogP contribution in [0.1, 0.15) is 45.4 Å². The van der Waals surface area contributed by atoms with Crippen molar-refractivity contribution in [1.29, 1.82) is 0 Å². The van der Waals surface area contributed by atoms with E-state index in [4.69, 9.17) is 16.8 Å². The van der Waals surface area contributed by atoms with Crippen LogP contribution in [0.3, 0.4) is 0 Å². The van der Waals surface area contributed by atoms with Gasteiger partial charge in [-0.2, -0.15) is 0 Å². The molecule has 2 heterocycles. The van der Waals surface area contributed by atoms with Crippen molar-refractivity contribution in [3.05, 3.63) is 91.7 Å². The molecule has 0 unspecified atom stereocenters. The lowest BCUT2D eigenvalue weighted by Gasteiger charge is -2.03. The third-order valence-corrected chi connectivity index (χ3v) is 7.41. The second-order valence-corrected chi connectivity index (χ2v) is 10.1. The Morgan fingerprint density at radius 1 is 0.914 bits per heavy atom. The van der Waals surface area contributed by atoms with Crippen molar-refractivity contribution in [3.8, 4) is 11.8 Å². The van der Waals surface area contributed by atoms with Crippen molar-refractivity contribution in [2.24, 2.45) is 5.16 Å². The fourth-order valence-corrected chi connectivity index (χ4v) is 5.76. The molecule has 0 aliphatic carbocycles. The Balaban J connectivity index is 1.54. The summed E-state index contributed by atoms with van der Waals surface area (Å²) in [5.74, 6) is 2.20. The van der Waals surface area contributed by atoms with Crippen molar-refractivity contribution in [3.63, 3.8) is 0 Å². The lowest BCUT2D eigenvalue weighted by Crippen LogP contribution is -2.01. The standard InChI is InChI=1S/C26H16ClF4NOS2/c1-2-3-14-8-19(28)18(20(29)9-14)7-6-17-13-24-23(35-17)12-16(34-24)5-4-15-10-21(30)25(22(31)11-15)26(27)32-33/h4-5,8-13,33H,2-3H2,1H3/b5-4+,32-26-. The van der Waals surface area contributed by atoms with Gasteiger partial charge in [0.1, 0.15) is 23.3 Å². The Morgan fingerprint density at radius 2 is 1.57 bits per heavy atom. The van der Waals surface area contributed by atoms with Gasteiger partial charge in [0.15, 0.2) is 5.17 Å². The zero-order valence-corrected chi connectivity index (χ0v) is 20.5. The number of hydrogen-bond acceptors (Lipinski definition) is 4. The molecular formula is C26H16ClF4NOS2. The highest BCUT2D eigenvalue weighted by molar-refractivity contribution is 7.28. The molecule has 2 aromatic heterocycles. The zero-order chi connectivity index (χ0) is 25.1. The first kappa shape index (κ1) is 25.0. The fraction of sp³-hybridized carbons (Fsp3) is 0.115. The topological polar surface area (TPSA) is 32.6 Å². The predicted molar refractivity (Wildman–Crippen MR) is 135 cm³/mol. The largest absolute Gasteiger partial charge is 0.410 e. The minimum atomic E-state index is -0.948. The number of aryl methyl sites for hydroxylation is 1. The monoisotopic (exact) mass is 533 g/mol. The molecule has 0 atom stereocenters. The maximum Gasteiger partial charge on any atom is 0.181 e. The van der Waals surface area contributed by atoms with Gasteiger partial charge in [0.2, 0.25) is 0 Å². The lowest BCUT2D eigenvalue weighted by atomic mass is 10.1. The van der Waals surface area contributed by atoms with Gasteiger partial charge in [0.25, 0.3) is 0 Å². The summed E-state index contributed by atoms with van der Waals surface area (Å²) in [6.07, 6.45) is 4.65. The number of oxime groups is 1. The molecular weight excluding hydrogens is 518 g/mol. The number of benzene rings is 2. The molecule has 0 saturated carbocycles. The van der Waals surface area contributed by atoms with Crippen LogP contribution in [0.4, 0.5) is 17.6 Å². The summed E-state index contributed by atoms with van der Waals surface area (Å²) in [6.45, 7) is 1.94. The van der Waals surface area contributed by atoms with Crippen LogP contribution >= 0.6 is 34.3 Å². The summed E-state index contributed by atoms with van der Waals surface area (Å²) >= 11 is 8.34. The maximum absolute atomic E-state index is 14.3. The van der Waals surface area contributed by atoms with Gasteiger partial charge in [0.05, 0.1) is 16.0 Å². The van der Waals surface area contributed by atoms with E-state index in [1.807, 2.05) is 19.1 Å². The van der Waals surface area contributed by atoms with Gasteiger partial charge in [-0.3, -0.25) is 0 Å². The van der Waals surface area contributed by atoms with E-state index in [1.165, 1.54) is 34.8 Å². The molecule has 0 amide bonds. The van der Waals surface area contributed by atoms with Crippen molar-refractivity contribution < 1.29 is 22.8 Å². The number of hydrogen-bond donors (Lipinski definition) is 1. The molecule has 0 fully saturated rings. The van der Waals surface area contributed by atoms with Gasteiger partial charge in [-0.05, 0) is 60.0 Å². The molecule has 0 spiro atoms. The predicted octanol–water partition coefficient (Wildman–Crippen LogP) is 8.42. The van der Waals surface area contributed by atoms with Crippen molar-refractivity contribution in [2.75, 3.05) is 0 Å². The number of fused-ring (bicyclic) bond motifs is 1. The molecule has 178 valence electrons. The Kier molecular flexibility index (Phi) is 7.60. The van der Waals surface area contributed by atoms with Gasteiger partial charge < -0.3 is 5.21 Å². The number of halogens is 5. The first-order valence-electron chi connectivity index (χ1n) is 10.4. The molecule has 4 rings (SSSR count). The molecule has 0 bridgehead atoms. The van der Waals surface area contributed by atoms with E-state index in [2.05, 4.69) is 17.0 Å². The van der Waals surface area contributed by atoms with Crippen molar-refractivity contribution in [2.45, 2.75) is 19.8 Å². The second kappa shape index (κ2) is 10.6. The molecule has 35 heavy (non-hydrogen) atoms. The highest BCUT2D eigenvalue weighted by Gasteiger charge is 2.15. The van der Waals surface area contributed by atoms with E-state index in [-0.39, 0.29) is 11.1 Å². The van der Waals surface area contributed by atoms with Crippen LogP contribution in [0, 0.1) is 35.1 Å². The average Bonchev–Trinajstić information content (AvgIpc) is 3.35. The SMILES string of the molecule is CCCc1cc(F)c(C#Cc2cc3sc(/C=C/c4cc(F)c(/C(Cl)=N/O)c(F)c4)cc3s2)c(F)c1. The van der Waals surface area contributed by atoms with E-state index in [0.717, 1.165) is 32.8 Å². The van der Waals surface area contributed by atoms with E-state index in [0.29, 0.717) is 16.9 Å². The van der Waals surface area contributed by atoms with Gasteiger partial charge in [-0.15, -0.1) is 22.7 Å². The van der Waals surface area contributed by atoms with Crippen LogP contribution in [-0.2, 0) is 6.42 Å². The number of thiophene rings is 2. The van der Waals surface area contributed by atoms with Crippen LogP contribution in [-0.4, -0.2) is 10.4 Å². The van der Waals surface area contributed by atoms with Crippen LogP contribution in [0.2, 0.25) is 0 Å². The minimum Gasteiger partial charge on any atom is -0.410 e. The fourth-order valence-electron chi connectivity index (χ4n) is 3.41. The summed E-state index contributed by atoms with van der Waals surface area (Å²) < 4.78 is 58.7. The number of rotatable bonds is 5. The second-order valence-electron chi connectivity index (χ2n) is 7.51. The van der Waals surface area contributed by atoms with Gasteiger partial charge in [0, 0.05) is 14.3 Å². The quantitative estimate of drug-likeness (QED) is 0.0902. The third kappa shape index (κ3) is 5.59. The summed E-state index contributed by atoms with van der Waals surface area (Å²) in [7, 11) is 0. The minimum absolute atomic E-state index is 0.248. The lowest BCUT2D eigenvalue weighted by molar-refractivity contribution is 0.320. The van der Waals surface area contributed by atoms with Crippen molar-refractivity contribution >= 4 is 61.0 Å². The van der Waals surface area contributed by atoms with Gasteiger partial charge in [-0.1, -0.05) is 48.0 Å². The third-order valence-electron chi connectivity index (χ3n) is 4.98. The smallest absolute Gasteiger partial charge is 0.181 e. The Morgan fingerprint density at radius 3 is 2.17 bits per heavy atom. The van der Waals surface area contributed by atoms with Crippen LogP contribution in [0.5, 0.6) is 0 Å². The summed E-state index contributed by atoms with van der Waals surface area (Å²) in [5, 5.41) is 10.6. The van der Waals surface area contributed by atoms with Crippen LogP contribution in [0.25, 0.3) is 21.6 Å². The van der Waals surface area contributed by atoms with Crippen LogP contribution in [0.15, 0.2) is 41.6 Å². The van der Waals surface area contributed by atoms with Gasteiger partial charge in [-0.25, -0.2) is 17.6 Å². The van der Waals surface area contributed by atoms with E-state index < -0.39 is 34.0 Å². The van der Waals surface area contributed by atoms with Crippen LogP contribution < -0.4 is 0 Å². The molecule has 0 aliphatic rings. The summed E-state index contributed by atoms with van der Waals surface area (Å²) in [6, 6.07) is 8.53. The molecule has 4 aromatic rings.